The molecule has 9 nitrogen and oxygen atoms in total. The van der Waals surface area contributed by atoms with Crippen molar-refractivity contribution >= 4 is 11.6 Å². The van der Waals surface area contributed by atoms with Crippen molar-refractivity contribution in [3.05, 3.63) is 89.3 Å². The maximum atomic E-state index is 5.61. The molecule has 38 heavy (non-hydrogen) atoms. The van der Waals surface area contributed by atoms with Crippen molar-refractivity contribution in [2.24, 2.45) is 0 Å². The maximum absolute atomic E-state index is 5.61. The summed E-state index contributed by atoms with van der Waals surface area (Å²) in [5.74, 6) is 3.42. The van der Waals surface area contributed by atoms with Crippen LogP contribution in [0.1, 0.15) is 22.3 Å². The molecule has 6 rings (SSSR count). The summed E-state index contributed by atoms with van der Waals surface area (Å²) in [6.07, 6.45) is 4.50. The largest absolute Gasteiger partial charge is 0.493 e. The summed E-state index contributed by atoms with van der Waals surface area (Å²) >= 11 is 0. The first-order valence-electron chi connectivity index (χ1n) is 12.6. The number of aromatic nitrogens is 4. The van der Waals surface area contributed by atoms with E-state index in [1.165, 1.54) is 16.7 Å². The molecule has 1 aliphatic rings. The van der Waals surface area contributed by atoms with Crippen molar-refractivity contribution < 1.29 is 13.9 Å². The number of hydrogen-bond acceptors (Lipinski definition) is 8. The van der Waals surface area contributed by atoms with Crippen LogP contribution in [0.2, 0.25) is 0 Å². The van der Waals surface area contributed by atoms with Crippen LogP contribution in [-0.4, -0.2) is 52.3 Å². The fraction of sp³-hybridized carbons (Fsp3) is 0.276. The molecule has 0 unspecified atom stereocenters. The predicted molar refractivity (Wildman–Crippen MR) is 144 cm³/mol. The Morgan fingerprint density at radius 1 is 1.00 bits per heavy atom. The van der Waals surface area contributed by atoms with Gasteiger partial charge in [-0.1, -0.05) is 30.3 Å². The number of nitrogens with zero attached hydrogens (tertiary/aromatic N) is 6. The minimum absolute atomic E-state index is 0.541. The van der Waals surface area contributed by atoms with E-state index in [9.17, 15) is 0 Å². The molecule has 3 aromatic heterocycles. The molecular weight excluding hydrogens is 480 g/mol. The lowest BCUT2D eigenvalue weighted by atomic mass is 9.98. The average Bonchev–Trinajstić information content (AvgIpc) is 3.64. The number of hydrogen-bond donors (Lipinski definition) is 0. The second-order valence-corrected chi connectivity index (χ2v) is 9.51. The minimum atomic E-state index is 0.541. The van der Waals surface area contributed by atoms with E-state index in [2.05, 4.69) is 34.1 Å². The fourth-order valence-corrected chi connectivity index (χ4v) is 5.03. The van der Waals surface area contributed by atoms with Crippen LogP contribution in [0, 0.1) is 0 Å². The van der Waals surface area contributed by atoms with E-state index in [4.69, 9.17) is 29.0 Å². The zero-order valence-electron chi connectivity index (χ0n) is 21.8. The number of ether oxygens (including phenoxy) is 2. The number of fused-ring (bicyclic) bond motifs is 2. The van der Waals surface area contributed by atoms with Gasteiger partial charge in [0, 0.05) is 45.0 Å². The van der Waals surface area contributed by atoms with Gasteiger partial charge in [0.15, 0.2) is 22.9 Å². The molecule has 1 aliphatic heterocycles. The highest BCUT2D eigenvalue weighted by molar-refractivity contribution is 5.58. The van der Waals surface area contributed by atoms with Crippen molar-refractivity contribution in [2.45, 2.75) is 26.1 Å². The van der Waals surface area contributed by atoms with E-state index in [0.717, 1.165) is 48.2 Å². The molecule has 9 heteroatoms. The van der Waals surface area contributed by atoms with Gasteiger partial charge in [-0.2, -0.15) is 4.52 Å². The highest BCUT2D eigenvalue weighted by atomic mass is 16.5. The van der Waals surface area contributed by atoms with Crippen LogP contribution >= 0.6 is 0 Å². The molecule has 5 aromatic rings. The van der Waals surface area contributed by atoms with Gasteiger partial charge in [-0.05, 0) is 47.4 Å². The summed E-state index contributed by atoms with van der Waals surface area (Å²) in [7, 11) is 5.37. The number of rotatable bonds is 8. The van der Waals surface area contributed by atoms with Crippen LogP contribution in [-0.2, 0) is 26.1 Å². The van der Waals surface area contributed by atoms with Crippen LogP contribution in [0.4, 0.5) is 5.95 Å². The Labute approximate surface area is 221 Å². The van der Waals surface area contributed by atoms with Gasteiger partial charge in [-0.15, -0.1) is 5.10 Å². The van der Waals surface area contributed by atoms with E-state index < -0.39 is 0 Å². The molecule has 0 N–H and O–H groups in total. The van der Waals surface area contributed by atoms with Crippen LogP contribution in [0.15, 0.2) is 71.5 Å². The van der Waals surface area contributed by atoms with Crippen molar-refractivity contribution in [1.82, 2.24) is 24.5 Å². The monoisotopic (exact) mass is 510 g/mol. The second kappa shape index (κ2) is 10.2. The summed E-state index contributed by atoms with van der Waals surface area (Å²) in [6, 6.07) is 18.2. The highest BCUT2D eigenvalue weighted by Gasteiger charge is 2.23. The van der Waals surface area contributed by atoms with Crippen molar-refractivity contribution in [1.29, 1.82) is 0 Å². The lowest BCUT2D eigenvalue weighted by molar-refractivity contribution is 0.244. The van der Waals surface area contributed by atoms with Gasteiger partial charge >= 0.3 is 0 Å². The maximum Gasteiger partial charge on any atom is 0.228 e. The first kappa shape index (κ1) is 24.0. The summed E-state index contributed by atoms with van der Waals surface area (Å²) in [6.45, 7) is 3.12. The van der Waals surface area contributed by atoms with E-state index in [1.807, 2.05) is 48.1 Å². The number of furan rings is 1. The first-order chi connectivity index (χ1) is 18.6. The molecule has 0 fully saturated rings. The van der Waals surface area contributed by atoms with Gasteiger partial charge in [0.25, 0.3) is 0 Å². The number of anilines is 1. The third kappa shape index (κ3) is 4.56. The molecule has 0 saturated heterocycles. The molecule has 0 saturated carbocycles. The minimum Gasteiger partial charge on any atom is -0.493 e. The molecule has 0 atom stereocenters. The lowest BCUT2D eigenvalue weighted by Crippen LogP contribution is -2.30. The zero-order chi connectivity index (χ0) is 26.1. The molecule has 4 heterocycles. The first-order valence-corrected chi connectivity index (χ1v) is 12.6. The van der Waals surface area contributed by atoms with Crippen LogP contribution in [0.3, 0.4) is 0 Å². The molecule has 0 radical (unpaired) electrons. The number of benzene rings is 2. The third-order valence-corrected chi connectivity index (χ3v) is 6.96. The van der Waals surface area contributed by atoms with Crippen LogP contribution < -0.4 is 14.4 Å². The van der Waals surface area contributed by atoms with E-state index in [0.29, 0.717) is 24.7 Å². The fourth-order valence-electron chi connectivity index (χ4n) is 5.03. The third-order valence-electron chi connectivity index (χ3n) is 6.96. The quantitative estimate of drug-likeness (QED) is 0.300. The Bertz CT molecular complexity index is 1550. The topological polar surface area (TPSA) is 81.2 Å². The standard InChI is InChI=1S/C29H30N6O3/c1-33(17-20-8-5-4-6-9-20)29-30-16-23(28-31-27(32-35(28)29)24-10-7-13-38-24)19-34-12-11-21-14-25(36-2)26(37-3)15-22(21)18-34/h4-10,13-16H,11-12,17-19H2,1-3H3. The Hall–Kier alpha value is -4.37. The van der Waals surface area contributed by atoms with E-state index in [1.54, 1.807) is 20.5 Å². The SMILES string of the molecule is COc1cc2c(cc1OC)CN(Cc1cnc(N(C)Cc3ccccc3)n3nc(-c4ccco4)nc13)CC2. The second-order valence-electron chi connectivity index (χ2n) is 9.51. The van der Waals surface area contributed by atoms with Gasteiger partial charge in [0.2, 0.25) is 11.8 Å². The van der Waals surface area contributed by atoms with Gasteiger partial charge in [0.05, 0.1) is 20.5 Å². The molecular formula is C29H30N6O3. The summed E-state index contributed by atoms with van der Waals surface area (Å²) in [5.41, 5.74) is 5.52. The van der Waals surface area contributed by atoms with Crippen molar-refractivity contribution in [2.75, 3.05) is 32.7 Å². The molecule has 0 aliphatic carbocycles. The van der Waals surface area contributed by atoms with Gasteiger partial charge in [-0.3, -0.25) is 4.90 Å². The van der Waals surface area contributed by atoms with Crippen LogP contribution in [0.5, 0.6) is 11.5 Å². The van der Waals surface area contributed by atoms with Gasteiger partial charge in [-0.25, -0.2) is 9.97 Å². The van der Waals surface area contributed by atoms with E-state index >= 15 is 0 Å². The normalized spacial score (nSPS) is 13.4. The summed E-state index contributed by atoms with van der Waals surface area (Å²) < 4.78 is 18.5. The Morgan fingerprint density at radius 2 is 1.79 bits per heavy atom. The predicted octanol–water partition coefficient (Wildman–Crippen LogP) is 4.60. The van der Waals surface area contributed by atoms with Gasteiger partial charge < -0.3 is 18.8 Å². The Kier molecular flexibility index (Phi) is 6.43. The number of methoxy groups -OCH3 is 2. The molecule has 0 amide bonds. The smallest absolute Gasteiger partial charge is 0.228 e. The van der Waals surface area contributed by atoms with Crippen molar-refractivity contribution in [3.8, 4) is 23.1 Å². The molecule has 2 aromatic carbocycles. The van der Waals surface area contributed by atoms with Crippen molar-refractivity contribution in [3.63, 3.8) is 0 Å². The summed E-state index contributed by atoms with van der Waals surface area (Å²) in [5, 5.41) is 4.81. The highest BCUT2D eigenvalue weighted by Crippen LogP contribution is 2.34. The molecule has 0 bridgehead atoms. The molecule has 194 valence electrons. The average molecular weight is 511 g/mol. The Morgan fingerprint density at radius 3 is 2.53 bits per heavy atom. The van der Waals surface area contributed by atoms with E-state index in [-0.39, 0.29) is 0 Å². The molecule has 0 spiro atoms. The Balaban J connectivity index is 1.32. The summed E-state index contributed by atoms with van der Waals surface area (Å²) in [4.78, 5) is 14.2. The van der Waals surface area contributed by atoms with Crippen LogP contribution in [0.25, 0.3) is 17.2 Å². The van der Waals surface area contributed by atoms with Gasteiger partial charge in [0.1, 0.15) is 0 Å². The zero-order valence-corrected chi connectivity index (χ0v) is 21.8. The lowest BCUT2D eigenvalue weighted by Gasteiger charge is -2.29.